The Morgan fingerprint density at radius 1 is 1.12 bits per heavy atom. The number of guanidine groups is 1. The van der Waals surface area contributed by atoms with Crippen molar-refractivity contribution in [3.63, 3.8) is 0 Å². The molecule has 24 heavy (non-hydrogen) atoms. The molecule has 0 aromatic rings. The lowest BCUT2D eigenvalue weighted by Gasteiger charge is -2.21. The fourth-order valence-corrected chi connectivity index (χ4v) is 3.78. The Bertz CT molecular complexity index is 449. The largest absolute Gasteiger partial charge is 0.401 e. The summed E-state index contributed by atoms with van der Waals surface area (Å²) in [6, 6.07) is 0.857. The van der Waals surface area contributed by atoms with Gasteiger partial charge in [-0.1, -0.05) is 0 Å². The van der Waals surface area contributed by atoms with Gasteiger partial charge in [-0.3, -0.25) is 9.89 Å². The molecule has 2 saturated heterocycles. The average Bonchev–Trinajstić information content (AvgIpc) is 3.10. The standard InChI is InChI=1S/C16H28F3N5/c1-20-15(21-8-12-4-7-24(9-12)14-2-3-14)22-13-5-6-23(10-13)11-16(17,18)19/h12-14H,2-11H2,1H3,(H2,20,21,22). The maximum absolute atomic E-state index is 12.4. The molecule has 0 spiro atoms. The Morgan fingerprint density at radius 2 is 1.92 bits per heavy atom. The van der Waals surface area contributed by atoms with Gasteiger partial charge in [-0.15, -0.1) is 0 Å². The summed E-state index contributed by atoms with van der Waals surface area (Å²) in [4.78, 5) is 8.25. The fraction of sp³-hybridized carbons (Fsp3) is 0.938. The van der Waals surface area contributed by atoms with E-state index >= 15 is 0 Å². The lowest BCUT2D eigenvalue weighted by molar-refractivity contribution is -0.143. The molecule has 3 rings (SSSR count). The van der Waals surface area contributed by atoms with E-state index in [0.29, 0.717) is 25.0 Å². The molecule has 2 heterocycles. The molecule has 5 nitrogen and oxygen atoms in total. The molecule has 8 heteroatoms. The molecule has 0 aromatic heterocycles. The van der Waals surface area contributed by atoms with E-state index in [4.69, 9.17) is 0 Å². The molecule has 138 valence electrons. The Balaban J connectivity index is 1.36. The van der Waals surface area contributed by atoms with E-state index in [1.165, 1.54) is 30.7 Å². The number of aliphatic imine (C=N–C) groups is 1. The Hall–Kier alpha value is -1.02. The average molecular weight is 347 g/mol. The van der Waals surface area contributed by atoms with E-state index in [2.05, 4.69) is 20.5 Å². The van der Waals surface area contributed by atoms with Gasteiger partial charge >= 0.3 is 6.18 Å². The minimum atomic E-state index is -4.12. The van der Waals surface area contributed by atoms with Crippen LogP contribution in [0.25, 0.3) is 0 Å². The van der Waals surface area contributed by atoms with Crippen LogP contribution in [-0.2, 0) is 0 Å². The molecular weight excluding hydrogens is 319 g/mol. The van der Waals surface area contributed by atoms with Crippen molar-refractivity contribution in [2.24, 2.45) is 10.9 Å². The van der Waals surface area contributed by atoms with E-state index in [-0.39, 0.29) is 6.04 Å². The van der Waals surface area contributed by atoms with E-state index < -0.39 is 12.7 Å². The number of hydrogen-bond acceptors (Lipinski definition) is 3. The zero-order valence-corrected chi connectivity index (χ0v) is 14.3. The number of rotatable bonds is 5. The molecule has 1 aliphatic carbocycles. The second-order valence-electron chi connectivity index (χ2n) is 7.31. The molecule has 2 aliphatic heterocycles. The molecule has 2 atom stereocenters. The lowest BCUT2D eigenvalue weighted by Crippen LogP contribution is -2.46. The number of alkyl halides is 3. The second-order valence-corrected chi connectivity index (χ2v) is 7.31. The fourth-order valence-electron chi connectivity index (χ4n) is 3.78. The maximum atomic E-state index is 12.4. The van der Waals surface area contributed by atoms with Crippen LogP contribution in [0.4, 0.5) is 13.2 Å². The monoisotopic (exact) mass is 347 g/mol. The van der Waals surface area contributed by atoms with Gasteiger partial charge in [-0.25, -0.2) is 0 Å². The molecule has 3 fully saturated rings. The van der Waals surface area contributed by atoms with Gasteiger partial charge in [0, 0.05) is 45.3 Å². The van der Waals surface area contributed by atoms with Gasteiger partial charge < -0.3 is 15.5 Å². The van der Waals surface area contributed by atoms with Crippen LogP contribution in [-0.4, -0.2) is 80.3 Å². The Morgan fingerprint density at radius 3 is 2.58 bits per heavy atom. The van der Waals surface area contributed by atoms with Crippen LogP contribution in [0, 0.1) is 5.92 Å². The smallest absolute Gasteiger partial charge is 0.356 e. The van der Waals surface area contributed by atoms with Crippen molar-refractivity contribution in [2.75, 3.05) is 46.3 Å². The molecule has 0 amide bonds. The number of nitrogens with one attached hydrogen (secondary N) is 2. The van der Waals surface area contributed by atoms with E-state index in [1.807, 2.05) is 0 Å². The highest BCUT2D eigenvalue weighted by Gasteiger charge is 2.35. The van der Waals surface area contributed by atoms with Gasteiger partial charge in [0.1, 0.15) is 0 Å². The van der Waals surface area contributed by atoms with Crippen molar-refractivity contribution in [1.82, 2.24) is 20.4 Å². The predicted molar refractivity (Wildman–Crippen MR) is 88.1 cm³/mol. The SMILES string of the molecule is CN=C(NCC1CCN(C2CC2)C1)NC1CCN(CC(F)(F)F)C1. The molecule has 0 bridgehead atoms. The van der Waals surface area contributed by atoms with Gasteiger partial charge in [0.2, 0.25) is 0 Å². The van der Waals surface area contributed by atoms with Crippen molar-refractivity contribution in [2.45, 2.75) is 43.9 Å². The summed E-state index contributed by atoms with van der Waals surface area (Å²) in [5.41, 5.74) is 0. The molecule has 1 saturated carbocycles. The first-order chi connectivity index (χ1) is 11.4. The summed E-state index contributed by atoms with van der Waals surface area (Å²) in [6.45, 7) is 3.29. The highest BCUT2D eigenvalue weighted by atomic mass is 19.4. The molecule has 0 radical (unpaired) electrons. The van der Waals surface area contributed by atoms with Crippen LogP contribution in [0.3, 0.4) is 0 Å². The number of likely N-dealkylation sites (tertiary alicyclic amines) is 2. The van der Waals surface area contributed by atoms with Gasteiger partial charge in [0.15, 0.2) is 5.96 Å². The highest BCUT2D eigenvalue weighted by molar-refractivity contribution is 5.80. The van der Waals surface area contributed by atoms with Crippen molar-refractivity contribution < 1.29 is 13.2 Å². The number of nitrogens with zero attached hydrogens (tertiary/aromatic N) is 3. The number of halogens is 3. The lowest BCUT2D eigenvalue weighted by atomic mass is 10.1. The molecule has 0 aromatic carbocycles. The van der Waals surface area contributed by atoms with Crippen LogP contribution in [0.1, 0.15) is 25.7 Å². The van der Waals surface area contributed by atoms with Gasteiger partial charge in [0.25, 0.3) is 0 Å². The van der Waals surface area contributed by atoms with Crippen LogP contribution in [0.2, 0.25) is 0 Å². The first kappa shape index (κ1) is 17.8. The van der Waals surface area contributed by atoms with Crippen LogP contribution in [0.15, 0.2) is 4.99 Å². The molecule has 2 N–H and O–H groups in total. The molecule has 3 aliphatic rings. The summed E-state index contributed by atoms with van der Waals surface area (Å²) in [5.74, 6) is 1.34. The van der Waals surface area contributed by atoms with E-state index in [0.717, 1.165) is 25.6 Å². The molecular formula is C16H28F3N5. The zero-order chi connectivity index (χ0) is 17.2. The normalized spacial score (nSPS) is 30.1. The minimum Gasteiger partial charge on any atom is -0.356 e. The zero-order valence-electron chi connectivity index (χ0n) is 14.3. The quantitative estimate of drug-likeness (QED) is 0.581. The first-order valence-electron chi connectivity index (χ1n) is 8.93. The summed E-state index contributed by atoms with van der Waals surface area (Å²) in [7, 11) is 1.71. The number of hydrogen-bond donors (Lipinski definition) is 2. The van der Waals surface area contributed by atoms with Gasteiger partial charge in [-0.2, -0.15) is 13.2 Å². The third kappa shape index (κ3) is 5.24. The summed E-state index contributed by atoms with van der Waals surface area (Å²) < 4.78 is 37.3. The van der Waals surface area contributed by atoms with Crippen molar-refractivity contribution >= 4 is 5.96 Å². The summed E-state index contributed by atoms with van der Waals surface area (Å²) in [6.07, 6.45) is 0.503. The maximum Gasteiger partial charge on any atom is 0.401 e. The van der Waals surface area contributed by atoms with Crippen LogP contribution in [0.5, 0.6) is 0 Å². The van der Waals surface area contributed by atoms with Crippen LogP contribution >= 0.6 is 0 Å². The minimum absolute atomic E-state index is 0.0325. The van der Waals surface area contributed by atoms with Gasteiger partial charge in [-0.05, 0) is 38.1 Å². The predicted octanol–water partition coefficient (Wildman–Crippen LogP) is 1.27. The van der Waals surface area contributed by atoms with E-state index in [1.54, 1.807) is 7.05 Å². The van der Waals surface area contributed by atoms with Crippen molar-refractivity contribution in [3.8, 4) is 0 Å². The van der Waals surface area contributed by atoms with Crippen LogP contribution < -0.4 is 10.6 Å². The van der Waals surface area contributed by atoms with Crippen molar-refractivity contribution in [3.05, 3.63) is 0 Å². The topological polar surface area (TPSA) is 42.9 Å². The molecule has 2 unspecified atom stereocenters. The Kier molecular flexibility index (Phi) is 5.54. The third-order valence-corrected chi connectivity index (χ3v) is 5.18. The van der Waals surface area contributed by atoms with Crippen molar-refractivity contribution in [1.29, 1.82) is 0 Å². The highest BCUT2D eigenvalue weighted by Crippen LogP contribution is 2.31. The third-order valence-electron chi connectivity index (χ3n) is 5.18. The summed E-state index contributed by atoms with van der Waals surface area (Å²) >= 11 is 0. The first-order valence-corrected chi connectivity index (χ1v) is 8.93. The Labute approximate surface area is 141 Å². The summed E-state index contributed by atoms with van der Waals surface area (Å²) in [5, 5.41) is 6.62. The van der Waals surface area contributed by atoms with Gasteiger partial charge in [0.05, 0.1) is 6.54 Å². The van der Waals surface area contributed by atoms with E-state index in [9.17, 15) is 13.2 Å². The second kappa shape index (κ2) is 7.47.